The van der Waals surface area contributed by atoms with Crippen LogP contribution >= 0.6 is 22.6 Å². The maximum absolute atomic E-state index is 13.4. The number of carbonyl (C=O) groups excluding carboxylic acids is 2. The van der Waals surface area contributed by atoms with E-state index >= 15 is 0 Å². The smallest absolute Gasteiger partial charge is 0.244 e. The highest BCUT2D eigenvalue weighted by atomic mass is 127. The van der Waals surface area contributed by atoms with Crippen LogP contribution in [0, 0.1) is 10.5 Å². The highest BCUT2D eigenvalue weighted by Gasteiger charge is 2.29. The number of anilines is 1. The Kier molecular flexibility index (Phi) is 9.50. The number of amides is 2. The molecule has 0 aliphatic carbocycles. The second-order valence-corrected chi connectivity index (χ2v) is 10.9. The molecular weight excluding hydrogens is 541 g/mol. The quantitative estimate of drug-likeness (QED) is 0.444. The van der Waals surface area contributed by atoms with Crippen molar-refractivity contribution in [3.8, 4) is 0 Å². The predicted octanol–water partition coefficient (Wildman–Crippen LogP) is 3.31. The van der Waals surface area contributed by atoms with Crippen molar-refractivity contribution in [3.63, 3.8) is 0 Å². The fourth-order valence-electron chi connectivity index (χ4n) is 3.09. The Labute approximate surface area is 204 Å². The minimum Gasteiger partial charge on any atom is -0.354 e. The molecule has 0 aliphatic heterocycles. The van der Waals surface area contributed by atoms with Crippen molar-refractivity contribution < 1.29 is 18.0 Å². The van der Waals surface area contributed by atoms with Crippen molar-refractivity contribution in [1.82, 2.24) is 10.2 Å². The summed E-state index contributed by atoms with van der Waals surface area (Å²) in [5, 5.41) is 2.82. The molecule has 2 aromatic rings. The zero-order valence-electron chi connectivity index (χ0n) is 18.8. The zero-order chi connectivity index (χ0) is 23.9. The summed E-state index contributed by atoms with van der Waals surface area (Å²) in [5.74, 6) is -0.721. The number of aryl methyl sites for hydroxylation is 1. The summed E-state index contributed by atoms with van der Waals surface area (Å²) in [5.41, 5.74) is 2.35. The van der Waals surface area contributed by atoms with E-state index in [4.69, 9.17) is 0 Å². The molecule has 0 unspecified atom stereocenters. The van der Waals surface area contributed by atoms with Crippen LogP contribution in [0.25, 0.3) is 0 Å². The molecule has 7 nitrogen and oxygen atoms in total. The molecule has 0 radical (unpaired) electrons. The number of sulfonamides is 1. The number of benzene rings is 2. The summed E-state index contributed by atoms with van der Waals surface area (Å²) < 4.78 is 27.0. The molecule has 0 aromatic heterocycles. The van der Waals surface area contributed by atoms with Crippen LogP contribution in [0.15, 0.2) is 48.5 Å². The van der Waals surface area contributed by atoms with Crippen molar-refractivity contribution in [2.75, 3.05) is 23.7 Å². The highest BCUT2D eigenvalue weighted by Crippen LogP contribution is 2.20. The van der Waals surface area contributed by atoms with E-state index in [9.17, 15) is 18.0 Å². The lowest BCUT2D eigenvalue weighted by atomic mass is 10.1. The number of hydrogen-bond acceptors (Lipinski definition) is 4. The average molecular weight is 571 g/mol. The summed E-state index contributed by atoms with van der Waals surface area (Å²) in [7, 11) is -3.72. The topological polar surface area (TPSA) is 86.8 Å². The van der Waals surface area contributed by atoms with Crippen molar-refractivity contribution >= 4 is 50.1 Å². The molecule has 0 bridgehead atoms. The van der Waals surface area contributed by atoms with Gasteiger partial charge in [-0.15, -0.1) is 0 Å². The van der Waals surface area contributed by atoms with Gasteiger partial charge in [0, 0.05) is 16.7 Å². The van der Waals surface area contributed by atoms with E-state index in [-0.39, 0.29) is 12.5 Å². The van der Waals surface area contributed by atoms with Gasteiger partial charge in [0.1, 0.15) is 12.6 Å². The minimum absolute atomic E-state index is 0.199. The van der Waals surface area contributed by atoms with Gasteiger partial charge in [-0.1, -0.05) is 36.8 Å². The number of carbonyl (C=O) groups is 2. The first-order chi connectivity index (χ1) is 15.0. The van der Waals surface area contributed by atoms with E-state index < -0.39 is 28.5 Å². The van der Waals surface area contributed by atoms with Crippen LogP contribution in [-0.2, 0) is 26.2 Å². The van der Waals surface area contributed by atoms with E-state index in [2.05, 4.69) is 27.9 Å². The Hall–Kier alpha value is -2.14. The van der Waals surface area contributed by atoms with E-state index in [0.717, 1.165) is 31.7 Å². The molecule has 9 heteroatoms. The summed E-state index contributed by atoms with van der Waals surface area (Å²) in [6.45, 7) is 5.89. The normalized spacial score (nSPS) is 12.2. The molecule has 32 heavy (non-hydrogen) atoms. The molecule has 1 atom stereocenters. The SMILES string of the molecule is CCCNC(=O)[C@H](C)N(Cc1ccc(C)cc1)C(=O)CN(c1ccc(I)cc1)S(C)(=O)=O. The van der Waals surface area contributed by atoms with Gasteiger partial charge >= 0.3 is 0 Å². The second kappa shape index (κ2) is 11.6. The van der Waals surface area contributed by atoms with Crippen molar-refractivity contribution in [1.29, 1.82) is 0 Å². The Morgan fingerprint density at radius 3 is 2.19 bits per heavy atom. The lowest BCUT2D eigenvalue weighted by molar-refractivity contribution is -0.139. The van der Waals surface area contributed by atoms with Crippen LogP contribution in [0.3, 0.4) is 0 Å². The summed E-state index contributed by atoms with van der Waals surface area (Å²) in [6, 6.07) is 13.8. The highest BCUT2D eigenvalue weighted by molar-refractivity contribution is 14.1. The van der Waals surface area contributed by atoms with Gasteiger partial charge in [0.2, 0.25) is 21.8 Å². The molecule has 1 N–H and O–H groups in total. The number of hydrogen-bond donors (Lipinski definition) is 1. The van der Waals surface area contributed by atoms with Crippen molar-refractivity contribution in [2.24, 2.45) is 0 Å². The second-order valence-electron chi connectivity index (χ2n) is 7.72. The first-order valence-electron chi connectivity index (χ1n) is 10.4. The maximum Gasteiger partial charge on any atom is 0.244 e. The third-order valence-corrected chi connectivity index (χ3v) is 6.84. The van der Waals surface area contributed by atoms with Gasteiger partial charge < -0.3 is 10.2 Å². The molecule has 174 valence electrons. The zero-order valence-corrected chi connectivity index (χ0v) is 21.8. The van der Waals surface area contributed by atoms with Gasteiger partial charge in [-0.2, -0.15) is 0 Å². The van der Waals surface area contributed by atoms with E-state index in [1.807, 2.05) is 38.1 Å². The van der Waals surface area contributed by atoms with Crippen molar-refractivity contribution in [2.45, 2.75) is 39.8 Å². The number of nitrogens with one attached hydrogen (secondary N) is 1. The summed E-state index contributed by atoms with van der Waals surface area (Å²) in [6.07, 6.45) is 1.85. The lowest BCUT2D eigenvalue weighted by Crippen LogP contribution is -2.51. The number of rotatable bonds is 10. The third-order valence-electron chi connectivity index (χ3n) is 4.98. The van der Waals surface area contributed by atoms with Crippen LogP contribution in [-0.4, -0.2) is 50.5 Å². The van der Waals surface area contributed by atoms with E-state index in [1.54, 1.807) is 31.2 Å². The number of nitrogens with zero attached hydrogens (tertiary/aromatic N) is 2. The summed E-state index contributed by atoms with van der Waals surface area (Å²) in [4.78, 5) is 27.4. The summed E-state index contributed by atoms with van der Waals surface area (Å²) >= 11 is 2.13. The van der Waals surface area contributed by atoms with Gasteiger partial charge in [-0.05, 0) is 72.7 Å². The monoisotopic (exact) mass is 571 g/mol. The van der Waals surface area contributed by atoms with Gasteiger partial charge in [-0.3, -0.25) is 13.9 Å². The van der Waals surface area contributed by atoms with Crippen LogP contribution in [0.1, 0.15) is 31.4 Å². The Balaban J connectivity index is 2.34. The van der Waals surface area contributed by atoms with E-state index in [0.29, 0.717) is 12.2 Å². The first-order valence-corrected chi connectivity index (χ1v) is 13.3. The molecule has 0 saturated carbocycles. The van der Waals surface area contributed by atoms with Crippen LogP contribution < -0.4 is 9.62 Å². The Morgan fingerprint density at radius 1 is 1.06 bits per heavy atom. The van der Waals surface area contributed by atoms with E-state index in [1.165, 1.54) is 4.90 Å². The molecule has 0 saturated heterocycles. The molecule has 0 heterocycles. The fraction of sp³-hybridized carbons (Fsp3) is 0.391. The van der Waals surface area contributed by atoms with Gasteiger partial charge in [0.15, 0.2) is 0 Å². The van der Waals surface area contributed by atoms with Crippen LogP contribution in [0.2, 0.25) is 0 Å². The molecule has 0 fully saturated rings. The molecule has 0 spiro atoms. The first kappa shape index (κ1) is 26.1. The van der Waals surface area contributed by atoms with Gasteiger partial charge in [0.05, 0.1) is 11.9 Å². The molecule has 2 amide bonds. The average Bonchev–Trinajstić information content (AvgIpc) is 2.74. The Morgan fingerprint density at radius 2 is 1.66 bits per heavy atom. The van der Waals surface area contributed by atoms with Crippen LogP contribution in [0.5, 0.6) is 0 Å². The standard InChI is InChI=1S/C23H30IN3O4S/c1-5-14-25-23(29)18(3)26(15-19-8-6-17(2)7-9-19)22(28)16-27(32(4,30)31)21-12-10-20(24)11-13-21/h6-13,18H,5,14-16H2,1-4H3,(H,25,29)/t18-/m0/s1. The maximum atomic E-state index is 13.4. The largest absolute Gasteiger partial charge is 0.354 e. The van der Waals surface area contributed by atoms with Gasteiger partial charge in [0.25, 0.3) is 0 Å². The fourth-order valence-corrected chi connectivity index (χ4v) is 4.30. The van der Waals surface area contributed by atoms with Gasteiger partial charge in [-0.25, -0.2) is 8.42 Å². The Bertz CT molecular complexity index is 1020. The molecular formula is C23H30IN3O4S. The lowest BCUT2D eigenvalue weighted by Gasteiger charge is -2.31. The van der Waals surface area contributed by atoms with Crippen molar-refractivity contribution in [3.05, 3.63) is 63.2 Å². The molecule has 2 rings (SSSR count). The molecule has 2 aromatic carbocycles. The molecule has 0 aliphatic rings. The predicted molar refractivity (Wildman–Crippen MR) is 136 cm³/mol. The number of halogens is 1. The minimum atomic E-state index is -3.72. The van der Waals surface area contributed by atoms with Crippen LogP contribution in [0.4, 0.5) is 5.69 Å². The third kappa shape index (κ3) is 7.47.